The number of tetrazole rings is 1. The first kappa shape index (κ1) is 17.6. The van der Waals surface area contributed by atoms with Crippen LogP contribution < -0.4 is 4.90 Å². The molecule has 4 rings (SSSR count). The van der Waals surface area contributed by atoms with Gasteiger partial charge in [-0.25, -0.2) is 0 Å². The Balaban J connectivity index is 1.47. The highest BCUT2D eigenvalue weighted by Crippen LogP contribution is 2.21. The summed E-state index contributed by atoms with van der Waals surface area (Å²) in [5.41, 5.74) is 2.37. The molecular formula is C18H18BrN7O. The first-order valence-electron chi connectivity index (χ1n) is 8.63. The summed E-state index contributed by atoms with van der Waals surface area (Å²) < 4.78 is 2.49. The molecule has 1 aliphatic rings. The van der Waals surface area contributed by atoms with Crippen molar-refractivity contribution in [1.29, 1.82) is 0 Å². The van der Waals surface area contributed by atoms with Gasteiger partial charge in [0.1, 0.15) is 0 Å². The SMILES string of the molecule is Cc1cc(Br)c(C(=O)N2CCN(c3nnnn3-c3ccccc3)CC2)cn1. The van der Waals surface area contributed by atoms with E-state index in [0.29, 0.717) is 37.7 Å². The number of carbonyl (C=O) groups excluding carboxylic acids is 1. The predicted molar refractivity (Wildman–Crippen MR) is 104 cm³/mol. The second kappa shape index (κ2) is 7.43. The minimum absolute atomic E-state index is 0.0170. The Hall–Kier alpha value is -2.81. The highest BCUT2D eigenvalue weighted by molar-refractivity contribution is 9.10. The number of benzene rings is 1. The predicted octanol–water partition coefficient (Wildman–Crippen LogP) is 2.09. The van der Waals surface area contributed by atoms with Gasteiger partial charge in [-0.1, -0.05) is 23.3 Å². The summed E-state index contributed by atoms with van der Waals surface area (Å²) in [6, 6.07) is 11.6. The van der Waals surface area contributed by atoms with E-state index < -0.39 is 0 Å². The van der Waals surface area contributed by atoms with Crippen LogP contribution in [0.2, 0.25) is 0 Å². The van der Waals surface area contributed by atoms with Gasteiger partial charge in [-0.2, -0.15) is 4.68 Å². The van der Waals surface area contributed by atoms with E-state index in [1.807, 2.05) is 48.2 Å². The molecule has 138 valence electrons. The maximum absolute atomic E-state index is 12.8. The number of aryl methyl sites for hydroxylation is 1. The lowest BCUT2D eigenvalue weighted by Gasteiger charge is -2.34. The van der Waals surface area contributed by atoms with Crippen LogP contribution in [0.5, 0.6) is 0 Å². The fourth-order valence-corrected chi connectivity index (χ4v) is 3.68. The lowest BCUT2D eigenvalue weighted by Crippen LogP contribution is -2.49. The quantitative estimate of drug-likeness (QED) is 0.636. The van der Waals surface area contributed by atoms with Crippen molar-refractivity contribution in [3.63, 3.8) is 0 Å². The smallest absolute Gasteiger partial charge is 0.256 e. The fourth-order valence-electron chi connectivity index (χ4n) is 3.08. The molecule has 1 fully saturated rings. The van der Waals surface area contributed by atoms with Crippen LogP contribution in [0.1, 0.15) is 16.1 Å². The van der Waals surface area contributed by atoms with E-state index in [2.05, 4.69) is 41.3 Å². The molecule has 0 aliphatic carbocycles. The van der Waals surface area contributed by atoms with E-state index in [1.54, 1.807) is 10.9 Å². The Morgan fingerprint density at radius 2 is 1.85 bits per heavy atom. The van der Waals surface area contributed by atoms with Gasteiger partial charge in [-0.05, 0) is 51.5 Å². The number of halogens is 1. The topological polar surface area (TPSA) is 80.0 Å². The molecule has 0 spiro atoms. The summed E-state index contributed by atoms with van der Waals surface area (Å²) in [7, 11) is 0. The molecule has 0 atom stereocenters. The fraction of sp³-hybridized carbons (Fsp3) is 0.278. The lowest BCUT2D eigenvalue weighted by atomic mass is 10.2. The summed E-state index contributed by atoms with van der Waals surface area (Å²) >= 11 is 3.47. The van der Waals surface area contributed by atoms with Gasteiger partial charge in [0.05, 0.1) is 11.3 Å². The number of aromatic nitrogens is 5. The lowest BCUT2D eigenvalue weighted by molar-refractivity contribution is 0.0744. The number of hydrogen-bond acceptors (Lipinski definition) is 6. The number of piperazine rings is 1. The normalized spacial score (nSPS) is 14.4. The van der Waals surface area contributed by atoms with Crippen LogP contribution >= 0.6 is 15.9 Å². The van der Waals surface area contributed by atoms with Crippen LogP contribution in [0, 0.1) is 6.92 Å². The zero-order valence-electron chi connectivity index (χ0n) is 14.8. The molecule has 0 radical (unpaired) electrons. The molecule has 1 aromatic carbocycles. The molecule has 0 N–H and O–H groups in total. The Bertz CT molecular complexity index is 951. The van der Waals surface area contributed by atoms with Crippen molar-refractivity contribution in [2.24, 2.45) is 0 Å². The van der Waals surface area contributed by atoms with Crippen LogP contribution in [0.3, 0.4) is 0 Å². The van der Waals surface area contributed by atoms with Crippen LogP contribution in [-0.2, 0) is 0 Å². The van der Waals surface area contributed by atoms with Crippen molar-refractivity contribution in [3.8, 4) is 5.69 Å². The number of anilines is 1. The van der Waals surface area contributed by atoms with Gasteiger partial charge in [-0.15, -0.1) is 0 Å². The molecule has 1 aliphatic heterocycles. The molecule has 8 nitrogen and oxygen atoms in total. The van der Waals surface area contributed by atoms with E-state index in [0.717, 1.165) is 15.9 Å². The number of amides is 1. The molecule has 27 heavy (non-hydrogen) atoms. The largest absolute Gasteiger partial charge is 0.336 e. The molecule has 3 heterocycles. The van der Waals surface area contributed by atoms with Crippen molar-refractivity contribution in [2.45, 2.75) is 6.92 Å². The number of rotatable bonds is 3. The van der Waals surface area contributed by atoms with Gasteiger partial charge in [0, 0.05) is 42.5 Å². The van der Waals surface area contributed by atoms with Crippen LogP contribution in [0.4, 0.5) is 5.95 Å². The Morgan fingerprint density at radius 3 is 2.56 bits per heavy atom. The number of para-hydroxylation sites is 1. The Kier molecular flexibility index (Phi) is 4.85. The molecular weight excluding hydrogens is 410 g/mol. The first-order valence-corrected chi connectivity index (χ1v) is 9.43. The highest BCUT2D eigenvalue weighted by Gasteiger charge is 2.26. The Labute approximate surface area is 164 Å². The van der Waals surface area contributed by atoms with E-state index >= 15 is 0 Å². The van der Waals surface area contributed by atoms with E-state index in [4.69, 9.17) is 0 Å². The van der Waals surface area contributed by atoms with Crippen LogP contribution in [0.25, 0.3) is 5.69 Å². The molecule has 0 bridgehead atoms. The molecule has 1 amide bonds. The zero-order valence-corrected chi connectivity index (χ0v) is 16.4. The average molecular weight is 428 g/mol. The Morgan fingerprint density at radius 1 is 1.11 bits per heavy atom. The van der Waals surface area contributed by atoms with Crippen molar-refractivity contribution >= 4 is 27.8 Å². The summed E-state index contributed by atoms with van der Waals surface area (Å²) in [6.45, 7) is 4.42. The van der Waals surface area contributed by atoms with Crippen molar-refractivity contribution in [1.82, 2.24) is 30.1 Å². The number of nitrogens with zero attached hydrogens (tertiary/aromatic N) is 7. The van der Waals surface area contributed by atoms with E-state index in [-0.39, 0.29) is 5.91 Å². The number of pyridine rings is 1. The van der Waals surface area contributed by atoms with Gasteiger partial charge in [-0.3, -0.25) is 9.78 Å². The van der Waals surface area contributed by atoms with Gasteiger partial charge in [0.2, 0.25) is 5.95 Å². The standard InChI is InChI=1S/C18H18BrN7O/c1-13-11-16(19)15(12-20-13)17(27)24-7-9-25(10-8-24)18-21-22-23-26(18)14-5-3-2-4-6-14/h2-6,11-12H,7-10H2,1H3. The molecule has 3 aromatic rings. The van der Waals surface area contributed by atoms with Crippen molar-refractivity contribution < 1.29 is 4.79 Å². The minimum atomic E-state index is -0.0170. The maximum atomic E-state index is 12.8. The third-order valence-electron chi connectivity index (χ3n) is 4.52. The second-order valence-electron chi connectivity index (χ2n) is 6.31. The average Bonchev–Trinajstić information content (AvgIpc) is 3.18. The van der Waals surface area contributed by atoms with Gasteiger partial charge in [0.15, 0.2) is 0 Å². The third kappa shape index (κ3) is 3.55. The number of hydrogen-bond donors (Lipinski definition) is 0. The summed E-state index contributed by atoms with van der Waals surface area (Å²) in [5.74, 6) is 0.670. The zero-order chi connectivity index (χ0) is 18.8. The van der Waals surface area contributed by atoms with Crippen LogP contribution in [0.15, 0.2) is 47.1 Å². The van der Waals surface area contributed by atoms with E-state index in [1.165, 1.54) is 0 Å². The van der Waals surface area contributed by atoms with Gasteiger partial charge >= 0.3 is 0 Å². The number of carbonyl (C=O) groups is 1. The monoisotopic (exact) mass is 427 g/mol. The minimum Gasteiger partial charge on any atom is -0.336 e. The summed E-state index contributed by atoms with van der Waals surface area (Å²) in [5, 5.41) is 12.1. The molecule has 1 saturated heterocycles. The van der Waals surface area contributed by atoms with Crippen molar-refractivity contribution in [2.75, 3.05) is 31.1 Å². The maximum Gasteiger partial charge on any atom is 0.256 e. The van der Waals surface area contributed by atoms with Crippen molar-refractivity contribution in [3.05, 3.63) is 58.3 Å². The highest BCUT2D eigenvalue weighted by atomic mass is 79.9. The molecule has 0 saturated carbocycles. The van der Waals surface area contributed by atoms with E-state index in [9.17, 15) is 4.79 Å². The summed E-state index contributed by atoms with van der Waals surface area (Å²) in [4.78, 5) is 21.0. The second-order valence-corrected chi connectivity index (χ2v) is 7.17. The first-order chi connectivity index (χ1) is 13.1. The molecule has 2 aromatic heterocycles. The van der Waals surface area contributed by atoms with Gasteiger partial charge < -0.3 is 9.80 Å². The third-order valence-corrected chi connectivity index (χ3v) is 5.18. The van der Waals surface area contributed by atoms with Gasteiger partial charge in [0.25, 0.3) is 5.91 Å². The molecule has 9 heteroatoms. The van der Waals surface area contributed by atoms with Crippen LogP contribution in [-0.4, -0.2) is 62.2 Å². The molecule has 0 unspecified atom stereocenters. The summed E-state index contributed by atoms with van der Waals surface area (Å²) in [6.07, 6.45) is 1.63.